The molecule has 2 aliphatic rings. The molecule has 1 fully saturated rings. The zero-order valence-corrected chi connectivity index (χ0v) is 26.4. The Kier molecular flexibility index (Phi) is 6.99. The van der Waals surface area contributed by atoms with Crippen LogP contribution < -0.4 is 15.4 Å². The van der Waals surface area contributed by atoms with Gasteiger partial charge in [0.2, 0.25) is 0 Å². The number of anilines is 3. The standard InChI is InChI=1S/C37H30N6O4S/c44-36(45)41-37(21-7-22-37)26-17-13-25(14-18-26)33-32(24-15-19-27(20-16-24)42-48(46,47)28-8-2-1-3-9-28)40-35-29-10-4-5-11-30(29)39-34-31(43(33)35)12-6-23-38-34/h1-6,8-20,23,41-42H,7,21-22H2,(H,38,39)(H,44,45). The lowest BCUT2D eigenvalue weighted by molar-refractivity contribution is 0.144. The fourth-order valence-corrected chi connectivity index (χ4v) is 7.65. The third kappa shape index (κ3) is 5.05. The summed E-state index contributed by atoms with van der Waals surface area (Å²) >= 11 is 0. The first-order valence-corrected chi connectivity index (χ1v) is 17.0. The third-order valence-electron chi connectivity index (χ3n) is 9.05. The van der Waals surface area contributed by atoms with E-state index in [1.54, 1.807) is 48.7 Å². The summed E-state index contributed by atoms with van der Waals surface area (Å²) in [5, 5.41) is 15.8. The Morgan fingerprint density at radius 2 is 1.54 bits per heavy atom. The van der Waals surface area contributed by atoms with Gasteiger partial charge in [-0.3, -0.25) is 9.29 Å². The number of fused-ring (bicyclic) bond motifs is 5. The normalized spacial score (nSPS) is 14.2. The number of hydrogen-bond acceptors (Lipinski definition) is 6. The highest BCUT2D eigenvalue weighted by atomic mass is 32.2. The summed E-state index contributed by atoms with van der Waals surface area (Å²) in [7, 11) is -3.76. The first kappa shape index (κ1) is 29.5. The van der Waals surface area contributed by atoms with E-state index in [9.17, 15) is 18.3 Å². The van der Waals surface area contributed by atoms with Crippen LogP contribution in [0.2, 0.25) is 0 Å². The summed E-state index contributed by atoms with van der Waals surface area (Å²) in [5.41, 5.74) is 6.51. The van der Waals surface area contributed by atoms with E-state index in [0.29, 0.717) is 17.2 Å². The molecule has 0 atom stereocenters. The van der Waals surface area contributed by atoms with Crippen LogP contribution in [0.5, 0.6) is 0 Å². The molecule has 0 bridgehead atoms. The number of para-hydroxylation sites is 1. The molecule has 1 saturated carbocycles. The minimum atomic E-state index is -3.76. The van der Waals surface area contributed by atoms with Gasteiger partial charge in [0.05, 0.1) is 33.2 Å². The summed E-state index contributed by atoms with van der Waals surface area (Å²) in [4.78, 5) is 21.7. The number of hydrogen-bond donors (Lipinski definition) is 4. The monoisotopic (exact) mass is 654 g/mol. The summed E-state index contributed by atoms with van der Waals surface area (Å²) in [6.07, 6.45) is 3.15. The van der Waals surface area contributed by atoms with Crippen LogP contribution in [0.25, 0.3) is 39.6 Å². The molecule has 1 amide bonds. The van der Waals surface area contributed by atoms with Crippen molar-refractivity contribution in [2.75, 3.05) is 10.0 Å². The molecule has 11 heteroatoms. The highest BCUT2D eigenvalue weighted by molar-refractivity contribution is 7.92. The molecule has 4 aromatic carbocycles. The van der Waals surface area contributed by atoms with Crippen molar-refractivity contribution in [3.05, 3.63) is 127 Å². The van der Waals surface area contributed by atoms with Crippen molar-refractivity contribution in [2.24, 2.45) is 0 Å². The number of nitrogens with one attached hydrogen (secondary N) is 3. The molecule has 8 rings (SSSR count). The summed E-state index contributed by atoms with van der Waals surface area (Å²) in [6.45, 7) is 0. The average Bonchev–Trinajstić information content (AvgIpc) is 3.41. The van der Waals surface area contributed by atoms with Gasteiger partial charge in [-0.1, -0.05) is 66.7 Å². The molecule has 2 aromatic heterocycles. The van der Waals surface area contributed by atoms with Crippen LogP contribution in [0, 0.1) is 0 Å². The fourth-order valence-electron chi connectivity index (χ4n) is 6.57. The molecule has 0 radical (unpaired) electrons. The molecule has 1 aliphatic carbocycles. The molecule has 48 heavy (non-hydrogen) atoms. The summed E-state index contributed by atoms with van der Waals surface area (Å²) in [6, 6.07) is 35.2. The van der Waals surface area contributed by atoms with Gasteiger partial charge in [0.15, 0.2) is 5.82 Å². The summed E-state index contributed by atoms with van der Waals surface area (Å²) in [5.74, 6) is 1.39. The van der Waals surface area contributed by atoms with E-state index >= 15 is 0 Å². The molecule has 0 saturated heterocycles. The molecular formula is C37H30N6O4S. The van der Waals surface area contributed by atoms with Crippen molar-refractivity contribution >= 4 is 33.3 Å². The lowest BCUT2D eigenvalue weighted by atomic mass is 9.71. The van der Waals surface area contributed by atoms with Crippen molar-refractivity contribution in [1.82, 2.24) is 19.9 Å². The maximum absolute atomic E-state index is 13.0. The van der Waals surface area contributed by atoms with Crippen molar-refractivity contribution in [1.29, 1.82) is 0 Å². The minimum absolute atomic E-state index is 0.180. The molecule has 0 unspecified atom stereocenters. The number of carbonyl (C=O) groups is 1. The molecule has 1 aliphatic heterocycles. The van der Waals surface area contributed by atoms with Crippen LogP contribution in [0.1, 0.15) is 24.8 Å². The number of benzene rings is 4. The average molecular weight is 655 g/mol. The van der Waals surface area contributed by atoms with E-state index < -0.39 is 21.7 Å². The van der Waals surface area contributed by atoms with Crippen LogP contribution in [0.3, 0.4) is 0 Å². The largest absolute Gasteiger partial charge is 0.465 e. The van der Waals surface area contributed by atoms with E-state index in [2.05, 4.69) is 24.9 Å². The second-order valence-corrected chi connectivity index (χ2v) is 13.6. The van der Waals surface area contributed by atoms with E-state index in [0.717, 1.165) is 64.4 Å². The minimum Gasteiger partial charge on any atom is -0.465 e. The van der Waals surface area contributed by atoms with Gasteiger partial charge in [0, 0.05) is 28.6 Å². The van der Waals surface area contributed by atoms with E-state index in [1.165, 1.54) is 0 Å². The number of rotatable bonds is 7. The number of aromatic nitrogens is 3. The Balaban J connectivity index is 1.28. The Morgan fingerprint density at radius 3 is 2.25 bits per heavy atom. The van der Waals surface area contributed by atoms with E-state index in [1.807, 2.05) is 72.8 Å². The first-order chi connectivity index (χ1) is 23.3. The third-order valence-corrected chi connectivity index (χ3v) is 10.5. The molecular weight excluding hydrogens is 625 g/mol. The van der Waals surface area contributed by atoms with Crippen LogP contribution >= 0.6 is 0 Å². The van der Waals surface area contributed by atoms with Gasteiger partial charge in [0.25, 0.3) is 10.0 Å². The Morgan fingerprint density at radius 1 is 0.833 bits per heavy atom. The number of sulfonamides is 1. The second-order valence-electron chi connectivity index (χ2n) is 11.9. The lowest BCUT2D eigenvalue weighted by Crippen LogP contribution is -2.50. The van der Waals surface area contributed by atoms with Gasteiger partial charge in [-0.25, -0.2) is 23.2 Å². The molecule has 4 N–H and O–H groups in total. The van der Waals surface area contributed by atoms with Crippen LogP contribution in [-0.4, -0.2) is 34.2 Å². The van der Waals surface area contributed by atoms with E-state index in [-0.39, 0.29) is 4.90 Å². The smallest absolute Gasteiger partial charge is 0.405 e. The maximum Gasteiger partial charge on any atom is 0.405 e. The van der Waals surface area contributed by atoms with Crippen molar-refractivity contribution in [3.63, 3.8) is 0 Å². The Bertz CT molecular complexity index is 2280. The summed E-state index contributed by atoms with van der Waals surface area (Å²) < 4.78 is 30.8. The predicted molar refractivity (Wildman–Crippen MR) is 185 cm³/mol. The van der Waals surface area contributed by atoms with Crippen molar-refractivity contribution < 1.29 is 18.3 Å². The van der Waals surface area contributed by atoms with Gasteiger partial charge in [-0.05, 0) is 73.4 Å². The van der Waals surface area contributed by atoms with Crippen LogP contribution in [-0.2, 0) is 15.6 Å². The number of pyridine rings is 1. The second kappa shape index (κ2) is 11.4. The van der Waals surface area contributed by atoms with E-state index in [4.69, 9.17) is 4.98 Å². The SMILES string of the molecule is O=C(O)NC1(c2ccc(-c3c(-c4ccc(NS(=O)(=O)c5ccccc5)cc4)nc4n3-c3cccnc3Nc3ccccc3-4)cc2)CCC1. The number of amides is 1. The zero-order valence-electron chi connectivity index (χ0n) is 25.6. The number of carboxylic acid groups (broad SMARTS) is 1. The number of nitrogens with zero attached hydrogens (tertiary/aromatic N) is 3. The van der Waals surface area contributed by atoms with Gasteiger partial charge in [0.1, 0.15) is 5.82 Å². The van der Waals surface area contributed by atoms with Gasteiger partial charge in [-0.2, -0.15) is 0 Å². The zero-order chi connectivity index (χ0) is 32.9. The molecule has 6 aromatic rings. The fraction of sp³-hybridized carbons (Fsp3) is 0.108. The Hall–Kier alpha value is -5.94. The maximum atomic E-state index is 13.0. The molecule has 3 heterocycles. The highest BCUT2D eigenvalue weighted by Gasteiger charge is 2.40. The predicted octanol–water partition coefficient (Wildman–Crippen LogP) is 7.77. The molecule has 10 nitrogen and oxygen atoms in total. The lowest BCUT2D eigenvalue weighted by Gasteiger charge is -2.42. The van der Waals surface area contributed by atoms with Gasteiger partial charge < -0.3 is 15.7 Å². The van der Waals surface area contributed by atoms with Crippen molar-refractivity contribution in [2.45, 2.75) is 29.7 Å². The topological polar surface area (TPSA) is 138 Å². The first-order valence-electron chi connectivity index (χ1n) is 15.6. The van der Waals surface area contributed by atoms with Crippen LogP contribution in [0.4, 0.5) is 22.0 Å². The van der Waals surface area contributed by atoms with Gasteiger partial charge in [-0.15, -0.1) is 0 Å². The Labute approximate surface area is 277 Å². The van der Waals surface area contributed by atoms with Crippen molar-refractivity contribution in [3.8, 4) is 39.6 Å². The van der Waals surface area contributed by atoms with Gasteiger partial charge >= 0.3 is 6.09 Å². The quantitative estimate of drug-likeness (QED) is 0.138. The highest BCUT2D eigenvalue weighted by Crippen LogP contribution is 2.46. The van der Waals surface area contributed by atoms with Crippen LogP contribution in [0.15, 0.2) is 126 Å². The number of imidazole rings is 1. The molecule has 238 valence electrons. The molecule has 0 spiro atoms.